The number of nitrogens with zero attached hydrogens (tertiary/aromatic N) is 5. The Hall–Kier alpha value is -2.25. The van der Waals surface area contributed by atoms with Gasteiger partial charge in [-0.25, -0.2) is 9.67 Å². The van der Waals surface area contributed by atoms with Gasteiger partial charge in [-0.2, -0.15) is 0 Å². The van der Waals surface area contributed by atoms with E-state index in [9.17, 15) is 9.59 Å². The summed E-state index contributed by atoms with van der Waals surface area (Å²) < 4.78 is 1.79. The van der Waals surface area contributed by atoms with Crippen molar-refractivity contribution in [2.45, 2.75) is 70.8 Å². The summed E-state index contributed by atoms with van der Waals surface area (Å²) in [4.78, 5) is 34.5. The molecule has 2 aliphatic rings. The number of H-pyrrole nitrogens is 1. The van der Waals surface area contributed by atoms with E-state index in [2.05, 4.69) is 20.3 Å². The first-order valence-corrected chi connectivity index (χ1v) is 9.99. The van der Waals surface area contributed by atoms with E-state index in [-0.39, 0.29) is 28.5 Å². The van der Waals surface area contributed by atoms with Crippen LogP contribution in [0.4, 0.5) is 0 Å². The van der Waals surface area contributed by atoms with Crippen molar-refractivity contribution in [3.05, 3.63) is 16.2 Å². The van der Waals surface area contributed by atoms with Crippen LogP contribution in [-0.2, 0) is 10.2 Å². The van der Waals surface area contributed by atoms with Gasteiger partial charge in [0.1, 0.15) is 5.82 Å². The number of carbonyl (C=O) groups excluding carboxylic acids is 1. The molecule has 8 nitrogen and oxygen atoms in total. The lowest BCUT2D eigenvalue weighted by atomic mass is 9.96. The van der Waals surface area contributed by atoms with Gasteiger partial charge in [-0.3, -0.25) is 9.59 Å². The van der Waals surface area contributed by atoms with Crippen LogP contribution in [0.25, 0.3) is 11.2 Å². The van der Waals surface area contributed by atoms with Gasteiger partial charge in [0, 0.05) is 24.4 Å². The van der Waals surface area contributed by atoms with Crippen molar-refractivity contribution in [2.75, 3.05) is 13.1 Å². The monoisotopic (exact) mass is 372 g/mol. The number of piperidine rings is 1. The Bertz CT molecular complexity index is 895. The van der Waals surface area contributed by atoms with Crippen LogP contribution >= 0.6 is 0 Å². The Labute approximate surface area is 158 Å². The van der Waals surface area contributed by atoms with Crippen LogP contribution in [0.15, 0.2) is 4.79 Å². The molecule has 1 aliphatic carbocycles. The third kappa shape index (κ3) is 3.37. The maximum atomic E-state index is 12.6. The van der Waals surface area contributed by atoms with Crippen LogP contribution in [0.2, 0.25) is 0 Å². The molecule has 1 N–H and O–H groups in total. The standard InChI is InChI=1S/C19H28N6O2/c1-19(2,3)18-20-15-14(16(26)21-18)22-23-25(15)13-8-10-24(11-9-13)17(27)12-6-4-5-7-12/h12-13H,4-11H2,1-3H3,(H,20,21,26). The molecule has 146 valence electrons. The van der Waals surface area contributed by atoms with Gasteiger partial charge < -0.3 is 9.88 Å². The molecule has 0 bridgehead atoms. The molecule has 0 atom stereocenters. The zero-order valence-electron chi connectivity index (χ0n) is 16.4. The fourth-order valence-corrected chi connectivity index (χ4v) is 4.20. The van der Waals surface area contributed by atoms with Crippen molar-refractivity contribution >= 4 is 17.1 Å². The van der Waals surface area contributed by atoms with Gasteiger partial charge in [0.2, 0.25) is 5.91 Å². The molecule has 0 unspecified atom stereocenters. The highest BCUT2D eigenvalue weighted by Crippen LogP contribution is 2.30. The number of carbonyl (C=O) groups is 1. The van der Waals surface area contributed by atoms with Crippen molar-refractivity contribution in [3.63, 3.8) is 0 Å². The molecule has 1 amide bonds. The molecule has 0 radical (unpaired) electrons. The van der Waals surface area contributed by atoms with E-state index in [1.807, 2.05) is 25.7 Å². The maximum absolute atomic E-state index is 12.6. The van der Waals surface area contributed by atoms with E-state index in [1.54, 1.807) is 4.68 Å². The van der Waals surface area contributed by atoms with Gasteiger partial charge in [0.15, 0.2) is 11.2 Å². The van der Waals surface area contributed by atoms with E-state index in [4.69, 9.17) is 0 Å². The third-order valence-electron chi connectivity index (χ3n) is 5.87. The molecule has 1 saturated carbocycles. The molecular weight excluding hydrogens is 344 g/mol. The van der Waals surface area contributed by atoms with Gasteiger partial charge in [0.25, 0.3) is 5.56 Å². The molecule has 2 fully saturated rings. The topological polar surface area (TPSA) is 96.8 Å². The second kappa shape index (κ2) is 6.73. The van der Waals surface area contributed by atoms with E-state index >= 15 is 0 Å². The van der Waals surface area contributed by atoms with Gasteiger partial charge in [-0.05, 0) is 25.7 Å². The van der Waals surface area contributed by atoms with E-state index in [0.717, 1.165) is 38.8 Å². The molecule has 1 aliphatic heterocycles. The van der Waals surface area contributed by atoms with Crippen LogP contribution in [-0.4, -0.2) is 48.9 Å². The SMILES string of the molecule is CC(C)(C)c1nc2c(nnn2C2CCN(C(=O)C3CCCC3)CC2)c(=O)[nH]1. The number of rotatable bonds is 2. The zero-order chi connectivity index (χ0) is 19.2. The molecular formula is C19H28N6O2. The average Bonchev–Trinajstić information content (AvgIpc) is 3.30. The Morgan fingerprint density at radius 1 is 1.11 bits per heavy atom. The van der Waals surface area contributed by atoms with Gasteiger partial charge >= 0.3 is 0 Å². The predicted molar refractivity (Wildman–Crippen MR) is 101 cm³/mol. The van der Waals surface area contributed by atoms with Crippen LogP contribution in [0, 0.1) is 5.92 Å². The van der Waals surface area contributed by atoms with Gasteiger partial charge in [-0.15, -0.1) is 5.10 Å². The highest BCUT2D eigenvalue weighted by Gasteiger charge is 2.31. The minimum absolute atomic E-state index is 0.116. The Morgan fingerprint density at radius 2 is 1.78 bits per heavy atom. The Balaban J connectivity index is 1.54. The first kappa shape index (κ1) is 18.1. The fraction of sp³-hybridized carbons (Fsp3) is 0.737. The van der Waals surface area contributed by atoms with Crippen molar-refractivity contribution in [3.8, 4) is 0 Å². The quantitative estimate of drug-likeness (QED) is 0.871. The number of amides is 1. The van der Waals surface area contributed by atoms with Crippen molar-refractivity contribution in [1.29, 1.82) is 0 Å². The van der Waals surface area contributed by atoms with E-state index < -0.39 is 0 Å². The Kier molecular flexibility index (Phi) is 4.52. The molecule has 2 aromatic heterocycles. The van der Waals surface area contributed by atoms with E-state index in [0.29, 0.717) is 17.4 Å². The number of aromatic nitrogens is 5. The second-order valence-electron chi connectivity index (χ2n) is 8.91. The molecule has 0 spiro atoms. The second-order valence-corrected chi connectivity index (χ2v) is 8.91. The Morgan fingerprint density at radius 3 is 2.41 bits per heavy atom. The lowest BCUT2D eigenvalue weighted by Crippen LogP contribution is -2.41. The molecule has 0 aromatic carbocycles. The van der Waals surface area contributed by atoms with Crippen molar-refractivity contribution in [2.24, 2.45) is 5.92 Å². The van der Waals surface area contributed by atoms with Crippen molar-refractivity contribution < 1.29 is 4.79 Å². The fourth-order valence-electron chi connectivity index (χ4n) is 4.20. The maximum Gasteiger partial charge on any atom is 0.281 e. The molecule has 1 saturated heterocycles. The molecule has 3 heterocycles. The average molecular weight is 372 g/mol. The van der Waals surface area contributed by atoms with Crippen LogP contribution < -0.4 is 5.56 Å². The highest BCUT2D eigenvalue weighted by molar-refractivity contribution is 5.79. The lowest BCUT2D eigenvalue weighted by molar-refractivity contribution is -0.136. The summed E-state index contributed by atoms with van der Waals surface area (Å²) in [5.74, 6) is 1.18. The number of nitrogens with one attached hydrogen (secondary N) is 1. The predicted octanol–water partition coefficient (Wildman–Crippen LogP) is 2.17. The largest absolute Gasteiger partial charge is 0.342 e. The minimum atomic E-state index is -0.264. The normalized spacial score (nSPS) is 19.9. The lowest BCUT2D eigenvalue weighted by Gasteiger charge is -2.33. The van der Waals surface area contributed by atoms with Crippen LogP contribution in [0.5, 0.6) is 0 Å². The summed E-state index contributed by atoms with van der Waals surface area (Å²) in [6, 6.07) is 0.116. The summed E-state index contributed by atoms with van der Waals surface area (Å²) in [5.41, 5.74) is 0.321. The number of hydrogen-bond acceptors (Lipinski definition) is 5. The summed E-state index contributed by atoms with van der Waals surface area (Å²) in [7, 11) is 0. The smallest absolute Gasteiger partial charge is 0.281 e. The van der Waals surface area contributed by atoms with Crippen LogP contribution in [0.3, 0.4) is 0 Å². The first-order valence-electron chi connectivity index (χ1n) is 9.99. The number of aromatic amines is 1. The minimum Gasteiger partial charge on any atom is -0.342 e. The van der Waals surface area contributed by atoms with E-state index in [1.165, 1.54) is 12.8 Å². The molecule has 2 aromatic rings. The zero-order valence-corrected chi connectivity index (χ0v) is 16.4. The highest BCUT2D eigenvalue weighted by atomic mass is 16.2. The first-order chi connectivity index (χ1) is 12.8. The summed E-state index contributed by atoms with van der Waals surface area (Å²) in [6.45, 7) is 7.50. The number of fused-ring (bicyclic) bond motifs is 1. The third-order valence-corrected chi connectivity index (χ3v) is 5.87. The molecule has 27 heavy (non-hydrogen) atoms. The summed E-state index contributed by atoms with van der Waals surface area (Å²) in [6.07, 6.45) is 6.05. The van der Waals surface area contributed by atoms with Crippen molar-refractivity contribution in [1.82, 2.24) is 29.9 Å². The number of likely N-dealkylation sites (tertiary alicyclic amines) is 1. The van der Waals surface area contributed by atoms with Crippen LogP contribution in [0.1, 0.15) is 71.2 Å². The van der Waals surface area contributed by atoms with Gasteiger partial charge in [-0.1, -0.05) is 38.8 Å². The molecule has 8 heteroatoms. The van der Waals surface area contributed by atoms with Gasteiger partial charge in [0.05, 0.1) is 6.04 Å². The molecule has 4 rings (SSSR count). The summed E-state index contributed by atoms with van der Waals surface area (Å²) in [5, 5.41) is 8.29. The summed E-state index contributed by atoms with van der Waals surface area (Å²) >= 11 is 0. The number of hydrogen-bond donors (Lipinski definition) is 1.